The fraction of sp³-hybridized carbons (Fsp3) is 0.538. The van der Waals surface area contributed by atoms with Gasteiger partial charge in [-0.3, -0.25) is 10.1 Å². The molecule has 1 saturated heterocycles. The first-order valence-corrected chi connectivity index (χ1v) is 6.80. The highest BCUT2D eigenvalue weighted by molar-refractivity contribution is 5.67. The highest BCUT2D eigenvalue weighted by Crippen LogP contribution is 2.32. The minimum absolute atomic E-state index is 0.122. The van der Waals surface area contributed by atoms with Gasteiger partial charge in [-0.15, -0.1) is 0 Å². The fourth-order valence-corrected chi connectivity index (χ4v) is 2.58. The van der Waals surface area contributed by atoms with E-state index in [0.717, 1.165) is 0 Å². The van der Waals surface area contributed by atoms with E-state index in [1.165, 1.54) is 24.1 Å². The number of ether oxygens (including phenoxy) is 1. The standard InChI is InChI=1S/C13H18N4O5/c1-8-7-16(13(18)19)9(2)6-15(8)12-10(17(20)21)4-5-11(14-12)22-3/h4-5,8-9H,6-7H2,1-3H3,(H,18,19)/t8-,9+/m0/s1. The first-order chi connectivity index (χ1) is 10.3. The van der Waals surface area contributed by atoms with E-state index in [-0.39, 0.29) is 36.0 Å². The molecular weight excluding hydrogens is 292 g/mol. The van der Waals surface area contributed by atoms with Gasteiger partial charge in [0.1, 0.15) is 0 Å². The number of hydrogen-bond acceptors (Lipinski definition) is 6. The summed E-state index contributed by atoms with van der Waals surface area (Å²) in [5.41, 5.74) is -0.122. The lowest BCUT2D eigenvalue weighted by Gasteiger charge is -2.43. The summed E-state index contributed by atoms with van der Waals surface area (Å²) < 4.78 is 5.04. The third kappa shape index (κ3) is 2.87. The second-order valence-electron chi connectivity index (χ2n) is 5.24. The summed E-state index contributed by atoms with van der Waals surface area (Å²) in [7, 11) is 1.44. The molecular formula is C13H18N4O5. The number of aromatic nitrogens is 1. The van der Waals surface area contributed by atoms with Gasteiger partial charge in [0.15, 0.2) is 0 Å². The van der Waals surface area contributed by atoms with E-state index in [9.17, 15) is 20.0 Å². The summed E-state index contributed by atoms with van der Waals surface area (Å²) in [6.45, 7) is 4.16. The lowest BCUT2D eigenvalue weighted by Crippen LogP contribution is -2.58. The van der Waals surface area contributed by atoms with Crippen molar-refractivity contribution in [2.45, 2.75) is 25.9 Å². The molecule has 1 aromatic heterocycles. The van der Waals surface area contributed by atoms with E-state index in [1.54, 1.807) is 11.8 Å². The molecule has 9 nitrogen and oxygen atoms in total. The zero-order valence-corrected chi connectivity index (χ0v) is 12.6. The van der Waals surface area contributed by atoms with Crippen LogP contribution in [0, 0.1) is 10.1 Å². The number of hydrogen-bond donors (Lipinski definition) is 1. The summed E-state index contributed by atoms with van der Waals surface area (Å²) in [6, 6.07) is 2.26. The molecule has 0 radical (unpaired) electrons. The number of rotatable bonds is 3. The Balaban J connectivity index is 2.38. The average molecular weight is 310 g/mol. The number of nitrogens with zero attached hydrogens (tertiary/aromatic N) is 4. The van der Waals surface area contributed by atoms with Gasteiger partial charge in [-0.05, 0) is 13.8 Å². The number of anilines is 1. The Kier molecular flexibility index (Phi) is 4.34. The molecule has 1 aromatic rings. The van der Waals surface area contributed by atoms with Gasteiger partial charge in [0.25, 0.3) is 0 Å². The van der Waals surface area contributed by atoms with E-state index in [4.69, 9.17) is 4.74 Å². The molecule has 0 aliphatic carbocycles. The maximum Gasteiger partial charge on any atom is 0.407 e. The van der Waals surface area contributed by atoms with Crippen LogP contribution in [0.25, 0.3) is 0 Å². The average Bonchev–Trinajstić information content (AvgIpc) is 2.48. The quantitative estimate of drug-likeness (QED) is 0.666. The van der Waals surface area contributed by atoms with Crippen LogP contribution in [0.5, 0.6) is 5.88 Å². The Morgan fingerprint density at radius 2 is 2.09 bits per heavy atom. The molecule has 1 fully saturated rings. The molecule has 2 heterocycles. The third-order valence-corrected chi connectivity index (χ3v) is 3.74. The molecule has 0 bridgehead atoms. The molecule has 120 valence electrons. The molecule has 22 heavy (non-hydrogen) atoms. The fourth-order valence-electron chi connectivity index (χ4n) is 2.58. The Morgan fingerprint density at radius 3 is 2.64 bits per heavy atom. The molecule has 0 spiro atoms. The zero-order chi connectivity index (χ0) is 16.4. The van der Waals surface area contributed by atoms with Crippen LogP contribution in [0.15, 0.2) is 12.1 Å². The Hall–Kier alpha value is -2.58. The largest absolute Gasteiger partial charge is 0.481 e. The Labute approximate surface area is 127 Å². The van der Waals surface area contributed by atoms with Crippen LogP contribution in [0.1, 0.15) is 13.8 Å². The second kappa shape index (κ2) is 6.04. The van der Waals surface area contributed by atoms with Gasteiger partial charge >= 0.3 is 11.8 Å². The van der Waals surface area contributed by atoms with Crippen LogP contribution in [0.4, 0.5) is 16.3 Å². The molecule has 0 unspecified atom stereocenters. The minimum atomic E-state index is -0.993. The second-order valence-corrected chi connectivity index (χ2v) is 5.24. The van der Waals surface area contributed by atoms with Crippen molar-refractivity contribution >= 4 is 17.6 Å². The highest BCUT2D eigenvalue weighted by Gasteiger charge is 2.35. The van der Waals surface area contributed by atoms with E-state index >= 15 is 0 Å². The predicted octanol–water partition coefficient (Wildman–Crippen LogP) is 1.58. The number of amides is 1. The van der Waals surface area contributed by atoms with Gasteiger partial charge in [-0.1, -0.05) is 0 Å². The molecule has 0 aromatic carbocycles. The lowest BCUT2D eigenvalue weighted by molar-refractivity contribution is -0.384. The van der Waals surface area contributed by atoms with Crippen LogP contribution in [-0.4, -0.2) is 58.3 Å². The smallest absolute Gasteiger partial charge is 0.407 e. The summed E-state index contributed by atoms with van der Waals surface area (Å²) in [5.74, 6) is 0.481. The number of methoxy groups -OCH3 is 1. The molecule has 0 saturated carbocycles. The van der Waals surface area contributed by atoms with E-state index in [2.05, 4.69) is 4.98 Å². The predicted molar refractivity (Wildman–Crippen MR) is 78.4 cm³/mol. The molecule has 2 atom stereocenters. The number of carboxylic acid groups (broad SMARTS) is 1. The maximum atomic E-state index is 11.2. The summed E-state index contributed by atoms with van der Waals surface area (Å²) >= 11 is 0. The Morgan fingerprint density at radius 1 is 1.41 bits per heavy atom. The SMILES string of the molecule is COc1ccc([N+](=O)[O-])c(N2C[C@@H](C)N(C(=O)O)C[C@@H]2C)n1. The molecule has 1 N–H and O–H groups in total. The van der Waals surface area contributed by atoms with Gasteiger partial charge in [-0.25, -0.2) is 4.79 Å². The summed E-state index contributed by atoms with van der Waals surface area (Å²) in [4.78, 5) is 29.2. The van der Waals surface area contributed by atoms with Gasteiger partial charge < -0.3 is 19.6 Å². The molecule has 1 amide bonds. The molecule has 1 aliphatic heterocycles. The first kappa shape index (κ1) is 15.8. The number of piperazine rings is 1. The van der Waals surface area contributed by atoms with Gasteiger partial charge in [0.05, 0.1) is 12.0 Å². The van der Waals surface area contributed by atoms with Crippen molar-refractivity contribution in [1.82, 2.24) is 9.88 Å². The van der Waals surface area contributed by atoms with E-state index < -0.39 is 11.0 Å². The molecule has 1 aliphatic rings. The molecule has 9 heteroatoms. The summed E-state index contributed by atoms with van der Waals surface area (Å²) in [5, 5.41) is 20.4. The minimum Gasteiger partial charge on any atom is -0.481 e. The first-order valence-electron chi connectivity index (χ1n) is 6.80. The Bertz CT molecular complexity index is 594. The van der Waals surface area contributed by atoms with Crippen LogP contribution in [0.3, 0.4) is 0 Å². The third-order valence-electron chi connectivity index (χ3n) is 3.74. The van der Waals surface area contributed by atoms with Gasteiger partial charge in [0.2, 0.25) is 11.7 Å². The topological polar surface area (TPSA) is 109 Å². The van der Waals surface area contributed by atoms with Crippen molar-refractivity contribution in [2.24, 2.45) is 0 Å². The normalized spacial score (nSPS) is 21.6. The van der Waals surface area contributed by atoms with Crippen LogP contribution in [0.2, 0.25) is 0 Å². The van der Waals surface area contributed by atoms with Crippen LogP contribution < -0.4 is 9.64 Å². The zero-order valence-electron chi connectivity index (χ0n) is 12.6. The van der Waals surface area contributed by atoms with E-state index in [0.29, 0.717) is 6.54 Å². The van der Waals surface area contributed by atoms with Crippen molar-refractivity contribution in [3.8, 4) is 5.88 Å². The van der Waals surface area contributed by atoms with Crippen molar-refractivity contribution in [3.63, 3.8) is 0 Å². The monoisotopic (exact) mass is 310 g/mol. The van der Waals surface area contributed by atoms with Crippen molar-refractivity contribution in [3.05, 3.63) is 22.2 Å². The van der Waals surface area contributed by atoms with E-state index in [1.807, 2.05) is 6.92 Å². The maximum absolute atomic E-state index is 11.2. The number of carbonyl (C=O) groups is 1. The van der Waals surface area contributed by atoms with Crippen molar-refractivity contribution < 1.29 is 19.6 Å². The lowest BCUT2D eigenvalue weighted by atomic mass is 10.1. The van der Waals surface area contributed by atoms with Crippen molar-refractivity contribution in [2.75, 3.05) is 25.1 Å². The van der Waals surface area contributed by atoms with Gasteiger partial charge in [0, 0.05) is 37.3 Å². The highest BCUT2D eigenvalue weighted by atomic mass is 16.6. The number of pyridine rings is 1. The van der Waals surface area contributed by atoms with Crippen LogP contribution >= 0.6 is 0 Å². The number of nitro groups is 1. The van der Waals surface area contributed by atoms with Crippen molar-refractivity contribution in [1.29, 1.82) is 0 Å². The van der Waals surface area contributed by atoms with Gasteiger partial charge in [-0.2, -0.15) is 4.98 Å². The summed E-state index contributed by atoms with van der Waals surface area (Å²) in [6.07, 6.45) is -0.993. The van der Waals surface area contributed by atoms with Crippen LogP contribution in [-0.2, 0) is 0 Å². The molecule has 2 rings (SSSR count).